The van der Waals surface area contributed by atoms with Crippen molar-refractivity contribution in [3.63, 3.8) is 0 Å². The van der Waals surface area contributed by atoms with Crippen molar-refractivity contribution in [3.05, 3.63) is 39.4 Å². The summed E-state index contributed by atoms with van der Waals surface area (Å²) in [6.45, 7) is 0. The molecule has 1 fully saturated rings. The number of aromatic amines is 1. The molecule has 1 N–H and O–H groups in total. The third-order valence-electron chi connectivity index (χ3n) is 3.73. The maximum absolute atomic E-state index is 11.6. The number of nitrogens with one attached hydrogen (secondary N) is 1. The highest BCUT2D eigenvalue weighted by molar-refractivity contribution is 6.31. The minimum atomic E-state index is -0.259. The van der Waals surface area contributed by atoms with E-state index >= 15 is 0 Å². The molecule has 94 valence electrons. The molecule has 0 spiro atoms. The van der Waals surface area contributed by atoms with E-state index in [0.29, 0.717) is 10.9 Å². The largest absolute Gasteiger partial charge is 0.345 e. The first kappa shape index (κ1) is 11.7. The first-order chi connectivity index (χ1) is 8.74. The minimum absolute atomic E-state index is 0.259. The Morgan fingerprint density at radius 3 is 2.78 bits per heavy atom. The summed E-state index contributed by atoms with van der Waals surface area (Å²) in [5.41, 5.74) is 1.50. The van der Waals surface area contributed by atoms with Gasteiger partial charge in [-0.05, 0) is 37.0 Å². The topological polar surface area (TPSA) is 45.8 Å². The van der Waals surface area contributed by atoms with Gasteiger partial charge in [-0.15, -0.1) is 0 Å². The van der Waals surface area contributed by atoms with Crippen LogP contribution in [0.25, 0.3) is 10.9 Å². The predicted molar refractivity (Wildman–Crippen MR) is 73.2 cm³/mol. The molecule has 0 amide bonds. The van der Waals surface area contributed by atoms with E-state index in [9.17, 15) is 4.79 Å². The number of fused-ring (bicyclic) bond motifs is 1. The van der Waals surface area contributed by atoms with Gasteiger partial charge in [0.25, 0.3) is 0 Å². The molecule has 0 aliphatic heterocycles. The van der Waals surface area contributed by atoms with Crippen LogP contribution in [0.5, 0.6) is 0 Å². The van der Waals surface area contributed by atoms with Crippen LogP contribution in [0.4, 0.5) is 0 Å². The number of halogens is 1. The quantitative estimate of drug-likeness (QED) is 0.853. The van der Waals surface area contributed by atoms with Crippen molar-refractivity contribution in [3.8, 4) is 0 Å². The summed E-state index contributed by atoms with van der Waals surface area (Å²) in [4.78, 5) is 18.6. The van der Waals surface area contributed by atoms with Gasteiger partial charge in [0.1, 0.15) is 0 Å². The van der Waals surface area contributed by atoms with Gasteiger partial charge in [-0.1, -0.05) is 30.9 Å². The Morgan fingerprint density at radius 1 is 1.22 bits per heavy atom. The number of rotatable bonds is 1. The molecule has 0 atom stereocenters. The molecule has 1 aromatic carbocycles. The van der Waals surface area contributed by atoms with Gasteiger partial charge < -0.3 is 4.98 Å². The van der Waals surface area contributed by atoms with Crippen molar-refractivity contribution in [1.82, 2.24) is 9.97 Å². The minimum Gasteiger partial charge on any atom is -0.309 e. The van der Waals surface area contributed by atoms with Gasteiger partial charge in [-0.25, -0.2) is 4.79 Å². The molecule has 18 heavy (non-hydrogen) atoms. The first-order valence-electron chi connectivity index (χ1n) is 6.43. The average Bonchev–Trinajstić information content (AvgIpc) is 2.39. The molecule has 0 radical (unpaired) electrons. The van der Waals surface area contributed by atoms with Gasteiger partial charge in [0.2, 0.25) is 0 Å². The lowest BCUT2D eigenvalue weighted by molar-refractivity contribution is 0.438. The molecule has 1 saturated carbocycles. The Morgan fingerprint density at radius 2 is 2.00 bits per heavy atom. The normalized spacial score (nSPS) is 17.2. The third kappa shape index (κ3) is 2.15. The Balaban J connectivity index is 2.19. The van der Waals surface area contributed by atoms with Gasteiger partial charge in [0.15, 0.2) is 0 Å². The smallest absolute Gasteiger partial charge is 0.309 e. The fraction of sp³-hybridized carbons (Fsp3) is 0.429. The summed E-state index contributed by atoms with van der Waals surface area (Å²) in [5, 5.41) is 1.68. The van der Waals surface area contributed by atoms with E-state index in [4.69, 9.17) is 11.6 Å². The first-order valence-corrected chi connectivity index (χ1v) is 6.81. The van der Waals surface area contributed by atoms with Crippen molar-refractivity contribution in [2.24, 2.45) is 0 Å². The van der Waals surface area contributed by atoms with Crippen LogP contribution in [0.2, 0.25) is 5.02 Å². The van der Waals surface area contributed by atoms with Crippen LogP contribution >= 0.6 is 11.6 Å². The summed E-state index contributed by atoms with van der Waals surface area (Å²) < 4.78 is 0. The van der Waals surface area contributed by atoms with Crippen LogP contribution in [0.15, 0.2) is 23.0 Å². The van der Waals surface area contributed by atoms with Crippen molar-refractivity contribution < 1.29 is 0 Å². The van der Waals surface area contributed by atoms with Crippen LogP contribution in [0, 0.1) is 0 Å². The number of hydrogen-bond donors (Lipinski definition) is 1. The molecule has 4 heteroatoms. The molecule has 0 bridgehead atoms. The maximum Gasteiger partial charge on any atom is 0.345 e. The molecule has 2 aromatic rings. The summed E-state index contributed by atoms with van der Waals surface area (Å²) in [5.74, 6) is 0.440. The maximum atomic E-state index is 11.6. The lowest BCUT2D eigenvalue weighted by Crippen LogP contribution is -2.17. The average molecular weight is 263 g/mol. The molecule has 1 aromatic heterocycles. The zero-order valence-corrected chi connectivity index (χ0v) is 10.8. The molecular formula is C14H15ClN2O. The van der Waals surface area contributed by atoms with Crippen LogP contribution < -0.4 is 5.69 Å². The van der Waals surface area contributed by atoms with E-state index in [1.807, 2.05) is 12.1 Å². The highest BCUT2D eigenvalue weighted by atomic mass is 35.5. The van der Waals surface area contributed by atoms with E-state index in [1.165, 1.54) is 19.3 Å². The lowest BCUT2D eigenvalue weighted by atomic mass is 9.85. The molecule has 0 unspecified atom stereocenters. The van der Waals surface area contributed by atoms with Crippen molar-refractivity contribution >= 4 is 22.5 Å². The van der Waals surface area contributed by atoms with Crippen LogP contribution in [0.3, 0.4) is 0 Å². The lowest BCUT2D eigenvalue weighted by Gasteiger charge is -2.22. The van der Waals surface area contributed by atoms with Gasteiger partial charge in [0.05, 0.1) is 5.52 Å². The summed E-state index contributed by atoms with van der Waals surface area (Å²) >= 11 is 6.05. The highest BCUT2D eigenvalue weighted by Crippen LogP contribution is 2.34. The molecular weight excluding hydrogens is 248 g/mol. The third-order valence-corrected chi connectivity index (χ3v) is 3.96. The van der Waals surface area contributed by atoms with Crippen LogP contribution in [0.1, 0.15) is 43.7 Å². The monoisotopic (exact) mass is 262 g/mol. The van der Waals surface area contributed by atoms with Gasteiger partial charge in [-0.3, -0.25) is 0 Å². The van der Waals surface area contributed by atoms with Crippen molar-refractivity contribution in [1.29, 1.82) is 0 Å². The number of H-pyrrole nitrogens is 1. The second-order valence-corrected chi connectivity index (χ2v) is 5.39. The van der Waals surface area contributed by atoms with Gasteiger partial charge in [0, 0.05) is 16.1 Å². The van der Waals surface area contributed by atoms with Crippen LogP contribution in [-0.4, -0.2) is 9.97 Å². The SMILES string of the molecule is O=c1nc2ccc(Cl)cc2c(C2CCCCC2)[nH]1. The van der Waals surface area contributed by atoms with Crippen molar-refractivity contribution in [2.45, 2.75) is 38.0 Å². The van der Waals surface area contributed by atoms with E-state index in [2.05, 4.69) is 9.97 Å². The summed E-state index contributed by atoms with van der Waals surface area (Å²) in [6.07, 6.45) is 6.04. The number of aromatic nitrogens is 2. The molecule has 1 heterocycles. The molecule has 0 saturated heterocycles. The van der Waals surface area contributed by atoms with E-state index in [0.717, 1.165) is 29.4 Å². The second kappa shape index (κ2) is 4.73. The Labute approximate surface area is 110 Å². The zero-order chi connectivity index (χ0) is 12.5. The van der Waals surface area contributed by atoms with E-state index in [-0.39, 0.29) is 5.69 Å². The summed E-state index contributed by atoms with van der Waals surface area (Å²) in [6, 6.07) is 5.50. The number of benzene rings is 1. The Bertz CT molecular complexity index is 629. The molecule has 3 nitrogen and oxygen atoms in total. The van der Waals surface area contributed by atoms with Crippen molar-refractivity contribution in [2.75, 3.05) is 0 Å². The highest BCUT2D eigenvalue weighted by Gasteiger charge is 2.19. The predicted octanol–water partition coefficient (Wildman–Crippen LogP) is 3.62. The summed E-state index contributed by atoms with van der Waals surface area (Å²) in [7, 11) is 0. The van der Waals surface area contributed by atoms with E-state index in [1.54, 1.807) is 6.07 Å². The molecule has 1 aliphatic carbocycles. The molecule has 1 aliphatic rings. The number of nitrogens with zero attached hydrogens (tertiary/aromatic N) is 1. The fourth-order valence-electron chi connectivity index (χ4n) is 2.85. The second-order valence-electron chi connectivity index (χ2n) is 4.95. The van der Waals surface area contributed by atoms with Gasteiger partial charge in [-0.2, -0.15) is 4.98 Å². The Hall–Kier alpha value is -1.35. The van der Waals surface area contributed by atoms with Crippen LogP contribution in [-0.2, 0) is 0 Å². The number of hydrogen-bond acceptors (Lipinski definition) is 2. The fourth-order valence-corrected chi connectivity index (χ4v) is 3.03. The van der Waals surface area contributed by atoms with Gasteiger partial charge >= 0.3 is 5.69 Å². The Kier molecular flexibility index (Phi) is 3.08. The standard InChI is InChI=1S/C14H15ClN2O/c15-10-6-7-12-11(8-10)13(17-14(18)16-12)9-4-2-1-3-5-9/h6-9H,1-5H2,(H,16,17,18). The molecule has 3 rings (SSSR count). The van der Waals surface area contributed by atoms with E-state index < -0.39 is 0 Å². The zero-order valence-electron chi connectivity index (χ0n) is 10.1.